The van der Waals surface area contributed by atoms with Crippen LogP contribution in [0.3, 0.4) is 0 Å². The maximum absolute atomic E-state index is 5.94. The Morgan fingerprint density at radius 2 is 1.77 bits per heavy atom. The summed E-state index contributed by atoms with van der Waals surface area (Å²) in [5, 5.41) is 0.631. The summed E-state index contributed by atoms with van der Waals surface area (Å²) in [7, 11) is 1.59. The molecule has 0 spiro atoms. The summed E-state index contributed by atoms with van der Waals surface area (Å²) in [6, 6.07) is 3.55. The second-order valence-electron chi connectivity index (χ2n) is 2.47. The lowest BCUT2D eigenvalue weighted by atomic mass is 10.1. The summed E-state index contributed by atoms with van der Waals surface area (Å²) in [5.74, 6) is 1.43. The van der Waals surface area contributed by atoms with E-state index in [1.54, 1.807) is 19.2 Å². The van der Waals surface area contributed by atoms with Crippen LogP contribution in [0, 0.1) is 0 Å². The molecule has 4 heteroatoms. The van der Waals surface area contributed by atoms with E-state index in [0.29, 0.717) is 16.8 Å². The van der Waals surface area contributed by atoms with Crippen molar-refractivity contribution in [3.05, 3.63) is 28.3 Å². The molecule has 1 rings (SSSR count). The molecular formula is C9H9Cl3O. The summed E-state index contributed by atoms with van der Waals surface area (Å²) in [5.41, 5.74) is 1.71. The second-order valence-corrected chi connectivity index (χ2v) is 3.42. The van der Waals surface area contributed by atoms with E-state index in [1.165, 1.54) is 0 Å². The lowest BCUT2D eigenvalue weighted by molar-refractivity contribution is 0.411. The number of methoxy groups -OCH3 is 1. The molecule has 0 aromatic heterocycles. The van der Waals surface area contributed by atoms with Gasteiger partial charge in [0, 0.05) is 16.5 Å². The Labute approximate surface area is 92.5 Å². The van der Waals surface area contributed by atoms with Crippen LogP contribution in [0.2, 0.25) is 5.02 Å². The SMILES string of the molecule is COc1ccc(Cl)c(CCl)c1CCl. The Bertz CT molecular complexity index is 299. The standard InChI is InChI=1S/C9H9Cl3O/c1-13-9-3-2-8(12)6(4-10)7(9)5-11/h2-3H,4-5H2,1H3. The fraction of sp³-hybridized carbons (Fsp3) is 0.333. The Kier molecular flexibility index (Phi) is 4.17. The monoisotopic (exact) mass is 238 g/mol. The van der Waals surface area contributed by atoms with Crippen molar-refractivity contribution >= 4 is 34.8 Å². The van der Waals surface area contributed by atoms with Crippen molar-refractivity contribution in [2.45, 2.75) is 11.8 Å². The number of alkyl halides is 2. The van der Waals surface area contributed by atoms with Crippen molar-refractivity contribution in [1.29, 1.82) is 0 Å². The molecule has 0 aliphatic rings. The Hall–Kier alpha value is -0.110. The number of benzene rings is 1. The lowest BCUT2D eigenvalue weighted by Gasteiger charge is -2.11. The first-order valence-electron chi connectivity index (χ1n) is 3.70. The third-order valence-electron chi connectivity index (χ3n) is 1.82. The van der Waals surface area contributed by atoms with Crippen molar-refractivity contribution in [1.82, 2.24) is 0 Å². The van der Waals surface area contributed by atoms with Gasteiger partial charge in [0.05, 0.1) is 13.0 Å². The fourth-order valence-electron chi connectivity index (χ4n) is 1.13. The highest BCUT2D eigenvalue weighted by Gasteiger charge is 2.10. The van der Waals surface area contributed by atoms with Crippen LogP contribution in [0.1, 0.15) is 11.1 Å². The second kappa shape index (κ2) is 4.94. The largest absolute Gasteiger partial charge is 0.496 e. The lowest BCUT2D eigenvalue weighted by Crippen LogP contribution is -1.95. The summed E-state index contributed by atoms with van der Waals surface area (Å²) in [6.45, 7) is 0. The van der Waals surface area contributed by atoms with Gasteiger partial charge in [0.1, 0.15) is 5.75 Å². The molecule has 1 aromatic carbocycles. The van der Waals surface area contributed by atoms with Crippen molar-refractivity contribution in [3.8, 4) is 5.75 Å². The highest BCUT2D eigenvalue weighted by atomic mass is 35.5. The number of halogens is 3. The van der Waals surface area contributed by atoms with E-state index >= 15 is 0 Å². The summed E-state index contributed by atoms with van der Waals surface area (Å²) in [6.07, 6.45) is 0. The van der Waals surface area contributed by atoms with Gasteiger partial charge in [0.25, 0.3) is 0 Å². The summed E-state index contributed by atoms with van der Waals surface area (Å²) < 4.78 is 5.13. The Morgan fingerprint density at radius 3 is 2.23 bits per heavy atom. The van der Waals surface area contributed by atoms with Gasteiger partial charge in [-0.1, -0.05) is 11.6 Å². The predicted octanol–water partition coefficient (Wildman–Crippen LogP) is 3.83. The van der Waals surface area contributed by atoms with Crippen LogP contribution >= 0.6 is 34.8 Å². The van der Waals surface area contributed by atoms with Gasteiger partial charge in [-0.25, -0.2) is 0 Å². The zero-order chi connectivity index (χ0) is 9.84. The van der Waals surface area contributed by atoms with Crippen LogP contribution in [0.5, 0.6) is 5.75 Å². The van der Waals surface area contributed by atoms with Gasteiger partial charge in [0.15, 0.2) is 0 Å². The van der Waals surface area contributed by atoms with Crippen molar-refractivity contribution < 1.29 is 4.74 Å². The predicted molar refractivity (Wildman–Crippen MR) is 57.1 cm³/mol. The minimum Gasteiger partial charge on any atom is -0.496 e. The van der Waals surface area contributed by atoms with Crippen LogP contribution in [-0.2, 0) is 11.8 Å². The van der Waals surface area contributed by atoms with Gasteiger partial charge < -0.3 is 4.74 Å². The van der Waals surface area contributed by atoms with Crippen molar-refractivity contribution in [3.63, 3.8) is 0 Å². The molecule has 0 bridgehead atoms. The third-order valence-corrected chi connectivity index (χ3v) is 2.71. The van der Waals surface area contributed by atoms with Gasteiger partial charge in [-0.05, 0) is 17.7 Å². The topological polar surface area (TPSA) is 9.23 Å². The molecule has 13 heavy (non-hydrogen) atoms. The molecule has 0 unspecified atom stereocenters. The molecule has 0 heterocycles. The molecule has 0 fully saturated rings. The van der Waals surface area contributed by atoms with E-state index in [0.717, 1.165) is 16.9 Å². The quantitative estimate of drug-likeness (QED) is 0.729. The Morgan fingerprint density at radius 1 is 1.15 bits per heavy atom. The van der Waals surface area contributed by atoms with Gasteiger partial charge in [-0.3, -0.25) is 0 Å². The van der Waals surface area contributed by atoms with Gasteiger partial charge in [-0.15, -0.1) is 23.2 Å². The number of rotatable bonds is 3. The summed E-state index contributed by atoms with van der Waals surface area (Å²) >= 11 is 17.5. The zero-order valence-corrected chi connectivity index (χ0v) is 9.38. The highest BCUT2D eigenvalue weighted by molar-refractivity contribution is 6.32. The first kappa shape index (κ1) is 11.0. The molecule has 0 aliphatic heterocycles. The van der Waals surface area contributed by atoms with E-state index < -0.39 is 0 Å². The molecule has 1 nitrogen and oxygen atoms in total. The molecule has 1 aromatic rings. The van der Waals surface area contributed by atoms with Crippen molar-refractivity contribution in [2.75, 3.05) is 7.11 Å². The Balaban J connectivity index is 3.27. The molecule has 0 radical (unpaired) electrons. The van der Waals surface area contributed by atoms with Crippen LogP contribution in [-0.4, -0.2) is 7.11 Å². The van der Waals surface area contributed by atoms with Crippen LogP contribution < -0.4 is 4.74 Å². The molecule has 0 aliphatic carbocycles. The van der Waals surface area contributed by atoms with Crippen molar-refractivity contribution in [2.24, 2.45) is 0 Å². The minimum absolute atomic E-state index is 0.345. The zero-order valence-electron chi connectivity index (χ0n) is 7.11. The normalized spacial score (nSPS) is 10.2. The fourth-order valence-corrected chi connectivity index (χ4v) is 2.04. The first-order valence-corrected chi connectivity index (χ1v) is 5.15. The maximum atomic E-state index is 5.94. The number of hydrogen-bond donors (Lipinski definition) is 0. The van der Waals surface area contributed by atoms with Crippen LogP contribution in [0.25, 0.3) is 0 Å². The highest BCUT2D eigenvalue weighted by Crippen LogP contribution is 2.31. The van der Waals surface area contributed by atoms with Crippen LogP contribution in [0.15, 0.2) is 12.1 Å². The van der Waals surface area contributed by atoms with E-state index in [2.05, 4.69) is 0 Å². The maximum Gasteiger partial charge on any atom is 0.123 e. The molecular weight excluding hydrogens is 230 g/mol. The molecule has 0 saturated carbocycles. The average molecular weight is 240 g/mol. The molecule has 72 valence electrons. The molecule has 0 amide bonds. The number of ether oxygens (including phenoxy) is 1. The third kappa shape index (κ3) is 2.22. The molecule has 0 N–H and O–H groups in total. The smallest absolute Gasteiger partial charge is 0.123 e. The van der Waals surface area contributed by atoms with Crippen LogP contribution in [0.4, 0.5) is 0 Å². The average Bonchev–Trinajstić information content (AvgIpc) is 2.17. The molecule has 0 atom stereocenters. The number of hydrogen-bond acceptors (Lipinski definition) is 1. The van der Waals surface area contributed by atoms with Gasteiger partial charge in [0.2, 0.25) is 0 Å². The van der Waals surface area contributed by atoms with Gasteiger partial charge in [-0.2, -0.15) is 0 Å². The van der Waals surface area contributed by atoms with E-state index in [1.807, 2.05) is 0 Å². The van der Waals surface area contributed by atoms with E-state index in [9.17, 15) is 0 Å². The first-order chi connectivity index (χ1) is 6.24. The minimum atomic E-state index is 0.345. The summed E-state index contributed by atoms with van der Waals surface area (Å²) in [4.78, 5) is 0. The van der Waals surface area contributed by atoms with E-state index in [-0.39, 0.29) is 0 Å². The van der Waals surface area contributed by atoms with E-state index in [4.69, 9.17) is 39.5 Å². The molecule has 0 saturated heterocycles. The van der Waals surface area contributed by atoms with Gasteiger partial charge >= 0.3 is 0 Å².